The summed E-state index contributed by atoms with van der Waals surface area (Å²) >= 11 is 0. The fourth-order valence-corrected chi connectivity index (χ4v) is 2.07. The Morgan fingerprint density at radius 2 is 1.90 bits per heavy atom. The van der Waals surface area contributed by atoms with Crippen molar-refractivity contribution in [1.29, 1.82) is 0 Å². The van der Waals surface area contributed by atoms with Gasteiger partial charge in [-0.05, 0) is 18.1 Å². The van der Waals surface area contributed by atoms with Gasteiger partial charge in [0.05, 0.1) is 11.3 Å². The van der Waals surface area contributed by atoms with Gasteiger partial charge in [-0.15, -0.1) is 0 Å². The number of rotatable bonds is 1. The van der Waals surface area contributed by atoms with Crippen LogP contribution in [0.4, 0.5) is 23.7 Å². The first-order valence-electron chi connectivity index (χ1n) is 6.07. The molecule has 0 aliphatic carbocycles. The lowest BCUT2D eigenvalue weighted by molar-refractivity contribution is -0.137. The summed E-state index contributed by atoms with van der Waals surface area (Å²) in [5.41, 5.74) is -1.44. The number of anilines is 1. The summed E-state index contributed by atoms with van der Waals surface area (Å²) in [5.74, 6) is -0.751. The molecule has 0 spiro atoms. The Bertz CT molecular complexity index is 543. The van der Waals surface area contributed by atoms with Crippen LogP contribution in [-0.4, -0.2) is 18.5 Å². The van der Waals surface area contributed by atoms with Crippen molar-refractivity contribution in [3.05, 3.63) is 29.8 Å². The van der Waals surface area contributed by atoms with Crippen LogP contribution in [0.15, 0.2) is 24.3 Å². The number of benzene rings is 1. The van der Waals surface area contributed by atoms with E-state index in [9.17, 15) is 22.8 Å². The summed E-state index contributed by atoms with van der Waals surface area (Å²) in [5, 5.41) is 2.45. The molecule has 1 heterocycles. The summed E-state index contributed by atoms with van der Waals surface area (Å²) in [6.45, 7) is 2.01. The van der Waals surface area contributed by atoms with E-state index in [1.165, 1.54) is 12.1 Å². The van der Waals surface area contributed by atoms with Crippen molar-refractivity contribution in [1.82, 2.24) is 5.32 Å². The SMILES string of the molecule is CC1CNC(=O)N(c2ccccc2C(F)(F)F)C(=O)C1. The van der Waals surface area contributed by atoms with Crippen molar-refractivity contribution in [2.45, 2.75) is 19.5 Å². The molecule has 1 aromatic rings. The van der Waals surface area contributed by atoms with Crippen LogP contribution < -0.4 is 10.2 Å². The summed E-state index contributed by atoms with van der Waals surface area (Å²) in [6, 6.07) is 3.73. The second kappa shape index (κ2) is 5.15. The number of carbonyl (C=O) groups is 2. The van der Waals surface area contributed by atoms with E-state index in [4.69, 9.17) is 0 Å². The van der Waals surface area contributed by atoms with Crippen molar-refractivity contribution in [2.24, 2.45) is 5.92 Å². The van der Waals surface area contributed by atoms with Crippen LogP contribution in [0.3, 0.4) is 0 Å². The van der Waals surface area contributed by atoms with Gasteiger partial charge in [-0.25, -0.2) is 9.69 Å². The monoisotopic (exact) mass is 286 g/mol. The van der Waals surface area contributed by atoms with Crippen LogP contribution >= 0.6 is 0 Å². The van der Waals surface area contributed by atoms with Gasteiger partial charge in [-0.2, -0.15) is 13.2 Å². The van der Waals surface area contributed by atoms with Gasteiger partial charge < -0.3 is 5.32 Å². The second-order valence-corrected chi connectivity index (χ2v) is 4.74. The number of amides is 3. The smallest absolute Gasteiger partial charge is 0.337 e. The predicted octanol–water partition coefficient (Wildman–Crippen LogP) is 2.79. The number of halogens is 3. The van der Waals surface area contributed by atoms with Crippen LogP contribution in [0.2, 0.25) is 0 Å². The molecular weight excluding hydrogens is 273 g/mol. The van der Waals surface area contributed by atoms with E-state index in [1.807, 2.05) is 0 Å². The number of alkyl halides is 3. The van der Waals surface area contributed by atoms with E-state index >= 15 is 0 Å². The lowest BCUT2D eigenvalue weighted by atomic mass is 10.1. The molecular formula is C13H13F3N2O2. The highest BCUT2D eigenvalue weighted by Crippen LogP contribution is 2.37. The molecule has 1 aliphatic heterocycles. The number of hydrogen-bond acceptors (Lipinski definition) is 2. The van der Waals surface area contributed by atoms with Crippen molar-refractivity contribution >= 4 is 17.6 Å². The Hall–Kier alpha value is -2.05. The van der Waals surface area contributed by atoms with Gasteiger partial charge >= 0.3 is 12.2 Å². The highest BCUT2D eigenvalue weighted by molar-refractivity contribution is 6.15. The molecule has 0 bridgehead atoms. The normalized spacial score (nSPS) is 20.6. The first-order chi connectivity index (χ1) is 9.30. The minimum atomic E-state index is -4.63. The molecule has 4 nitrogen and oxygen atoms in total. The molecule has 1 aliphatic rings. The molecule has 2 rings (SSSR count). The maximum atomic E-state index is 13.0. The topological polar surface area (TPSA) is 49.4 Å². The summed E-state index contributed by atoms with van der Waals surface area (Å²) in [6.07, 6.45) is -4.61. The van der Waals surface area contributed by atoms with E-state index in [-0.39, 0.29) is 18.9 Å². The molecule has 0 aromatic heterocycles. The van der Waals surface area contributed by atoms with Gasteiger partial charge in [-0.3, -0.25) is 4.79 Å². The third-order valence-corrected chi connectivity index (χ3v) is 3.03. The van der Waals surface area contributed by atoms with Crippen LogP contribution in [0.1, 0.15) is 18.9 Å². The van der Waals surface area contributed by atoms with E-state index < -0.39 is 29.4 Å². The number of imide groups is 1. The lowest BCUT2D eigenvalue weighted by Crippen LogP contribution is -2.42. The van der Waals surface area contributed by atoms with Gasteiger partial charge in [-0.1, -0.05) is 19.1 Å². The molecule has 0 saturated carbocycles. The molecule has 1 fully saturated rings. The number of urea groups is 1. The number of nitrogens with one attached hydrogen (secondary N) is 1. The third kappa shape index (κ3) is 2.76. The van der Waals surface area contributed by atoms with Gasteiger partial charge in [0.15, 0.2) is 0 Å². The first-order valence-corrected chi connectivity index (χ1v) is 6.07. The van der Waals surface area contributed by atoms with Crippen LogP contribution in [0, 0.1) is 5.92 Å². The predicted molar refractivity (Wildman–Crippen MR) is 66.1 cm³/mol. The summed E-state index contributed by atoms with van der Waals surface area (Å²) in [4.78, 5) is 24.5. The molecule has 1 atom stereocenters. The van der Waals surface area contributed by atoms with E-state index in [1.54, 1.807) is 6.92 Å². The summed E-state index contributed by atoms with van der Waals surface area (Å²) in [7, 11) is 0. The average molecular weight is 286 g/mol. The average Bonchev–Trinajstić information content (AvgIpc) is 2.47. The Balaban J connectivity index is 2.49. The van der Waals surface area contributed by atoms with Gasteiger partial charge in [0.25, 0.3) is 0 Å². The molecule has 1 aromatic carbocycles. The fraction of sp³-hybridized carbons (Fsp3) is 0.385. The van der Waals surface area contributed by atoms with Gasteiger partial charge in [0, 0.05) is 13.0 Å². The molecule has 7 heteroatoms. The molecule has 108 valence electrons. The zero-order valence-electron chi connectivity index (χ0n) is 10.7. The highest BCUT2D eigenvalue weighted by atomic mass is 19.4. The maximum absolute atomic E-state index is 13.0. The number of para-hydroxylation sites is 1. The molecule has 3 amide bonds. The first kappa shape index (κ1) is 14.4. The number of carbonyl (C=O) groups excluding carboxylic acids is 2. The Kier molecular flexibility index (Phi) is 3.69. The Morgan fingerprint density at radius 1 is 1.25 bits per heavy atom. The van der Waals surface area contributed by atoms with E-state index in [0.717, 1.165) is 12.1 Å². The van der Waals surface area contributed by atoms with Crippen LogP contribution in [0.5, 0.6) is 0 Å². The quantitative estimate of drug-likeness (QED) is 0.863. The van der Waals surface area contributed by atoms with Crippen LogP contribution in [0.25, 0.3) is 0 Å². The number of nitrogens with zero attached hydrogens (tertiary/aromatic N) is 1. The van der Waals surface area contributed by atoms with Crippen molar-refractivity contribution in [3.8, 4) is 0 Å². The van der Waals surface area contributed by atoms with E-state index in [0.29, 0.717) is 4.90 Å². The fourth-order valence-electron chi connectivity index (χ4n) is 2.07. The van der Waals surface area contributed by atoms with Crippen molar-refractivity contribution in [2.75, 3.05) is 11.4 Å². The van der Waals surface area contributed by atoms with E-state index in [2.05, 4.69) is 5.32 Å². The van der Waals surface area contributed by atoms with Crippen LogP contribution in [-0.2, 0) is 11.0 Å². The maximum Gasteiger partial charge on any atom is 0.418 e. The molecule has 1 saturated heterocycles. The Labute approximate surface area is 113 Å². The standard InChI is InChI=1S/C13H13F3N2O2/c1-8-6-11(19)18(12(20)17-7-8)10-5-3-2-4-9(10)13(14,15)16/h2-5,8H,6-7H2,1H3,(H,17,20). The lowest BCUT2D eigenvalue weighted by Gasteiger charge is -2.22. The zero-order chi connectivity index (χ0) is 14.9. The zero-order valence-corrected chi connectivity index (χ0v) is 10.7. The number of hydrogen-bond donors (Lipinski definition) is 1. The summed E-state index contributed by atoms with van der Waals surface area (Å²) < 4.78 is 38.9. The Morgan fingerprint density at radius 3 is 2.55 bits per heavy atom. The minimum absolute atomic E-state index is 0.0188. The molecule has 1 N–H and O–H groups in total. The van der Waals surface area contributed by atoms with Crippen molar-refractivity contribution < 1.29 is 22.8 Å². The molecule has 0 radical (unpaired) electrons. The van der Waals surface area contributed by atoms with Gasteiger partial charge in [0.2, 0.25) is 5.91 Å². The second-order valence-electron chi connectivity index (χ2n) is 4.74. The third-order valence-electron chi connectivity index (χ3n) is 3.03. The highest BCUT2D eigenvalue weighted by Gasteiger charge is 2.38. The van der Waals surface area contributed by atoms with Gasteiger partial charge in [0.1, 0.15) is 0 Å². The molecule has 20 heavy (non-hydrogen) atoms. The minimum Gasteiger partial charge on any atom is -0.337 e. The largest absolute Gasteiger partial charge is 0.418 e. The van der Waals surface area contributed by atoms with Crippen molar-refractivity contribution in [3.63, 3.8) is 0 Å². The molecule has 1 unspecified atom stereocenters.